The number of hydrogen-bond acceptors (Lipinski definition) is 12. The van der Waals surface area contributed by atoms with Gasteiger partial charge in [0.15, 0.2) is 17.3 Å². The third-order valence-electron chi connectivity index (χ3n) is 5.14. The van der Waals surface area contributed by atoms with Crippen LogP contribution >= 0.6 is 0 Å². The molecule has 0 saturated carbocycles. The first-order valence-corrected chi connectivity index (χ1v) is 11.2. The van der Waals surface area contributed by atoms with Gasteiger partial charge in [-0.1, -0.05) is 0 Å². The molecular formula is C24H26N4O9. The first-order chi connectivity index (χ1) is 17.8. The second-order valence-electron chi connectivity index (χ2n) is 7.53. The summed E-state index contributed by atoms with van der Waals surface area (Å²) in [5.41, 5.74) is -0.264. The molecule has 0 bridgehead atoms. The Balaban J connectivity index is 2.07. The van der Waals surface area contributed by atoms with Gasteiger partial charge in [-0.2, -0.15) is 4.98 Å². The minimum atomic E-state index is -0.687. The van der Waals surface area contributed by atoms with E-state index in [-0.39, 0.29) is 55.0 Å². The number of ketones is 1. The van der Waals surface area contributed by atoms with Gasteiger partial charge in [0.2, 0.25) is 11.6 Å². The van der Waals surface area contributed by atoms with Crippen LogP contribution in [0.4, 0.5) is 11.5 Å². The quantitative estimate of drug-likeness (QED) is 0.140. The molecule has 2 aromatic heterocycles. The van der Waals surface area contributed by atoms with E-state index in [0.717, 1.165) is 6.33 Å². The maximum absolute atomic E-state index is 12.2. The van der Waals surface area contributed by atoms with Gasteiger partial charge >= 0.3 is 17.5 Å². The summed E-state index contributed by atoms with van der Waals surface area (Å²) in [6.07, 6.45) is 2.51. The number of methoxy groups -OCH3 is 2. The lowest BCUT2D eigenvalue weighted by atomic mass is 10.1. The van der Waals surface area contributed by atoms with Gasteiger partial charge in [-0.05, 0) is 38.1 Å². The highest BCUT2D eigenvalue weighted by molar-refractivity contribution is 5.95. The number of benzene rings is 1. The predicted octanol–water partition coefficient (Wildman–Crippen LogP) is 3.95. The number of furan rings is 1. The first kappa shape index (κ1) is 26.9. The number of rotatable bonds is 13. The van der Waals surface area contributed by atoms with Crippen molar-refractivity contribution in [2.75, 3.05) is 32.3 Å². The van der Waals surface area contributed by atoms with Crippen molar-refractivity contribution in [1.29, 1.82) is 0 Å². The van der Waals surface area contributed by atoms with Crippen molar-refractivity contribution in [2.45, 2.75) is 26.8 Å². The molecule has 0 spiro atoms. The van der Waals surface area contributed by atoms with Crippen LogP contribution in [0.5, 0.6) is 23.1 Å². The molecule has 0 amide bonds. The molecule has 2 heterocycles. The lowest BCUT2D eigenvalue weighted by Crippen LogP contribution is -2.28. The van der Waals surface area contributed by atoms with Crippen molar-refractivity contribution in [3.05, 3.63) is 58.3 Å². The molecule has 0 radical (unpaired) electrons. The van der Waals surface area contributed by atoms with Crippen LogP contribution in [-0.4, -0.2) is 54.0 Å². The molecule has 0 aliphatic rings. The second kappa shape index (κ2) is 12.3. The minimum absolute atomic E-state index is 0.0214. The molecule has 0 fully saturated rings. The van der Waals surface area contributed by atoms with E-state index in [1.165, 1.54) is 44.4 Å². The fourth-order valence-corrected chi connectivity index (χ4v) is 3.41. The Bertz CT molecular complexity index is 1240. The number of esters is 1. The molecule has 0 atom stereocenters. The monoisotopic (exact) mass is 514 g/mol. The topological polar surface area (TPSA) is 156 Å². The maximum Gasteiger partial charge on any atom is 0.373 e. The molecule has 0 unspecified atom stereocenters. The van der Waals surface area contributed by atoms with E-state index in [4.69, 9.17) is 23.4 Å². The summed E-state index contributed by atoms with van der Waals surface area (Å²) >= 11 is 0. The number of Topliss-reactive ketones (excluding diaryl/α,β-unsaturated/α-hetero) is 1. The summed E-state index contributed by atoms with van der Waals surface area (Å²) in [6.45, 7) is 3.37. The maximum atomic E-state index is 12.2. The van der Waals surface area contributed by atoms with Gasteiger partial charge in [0.25, 0.3) is 0 Å². The van der Waals surface area contributed by atoms with E-state index in [2.05, 4.69) is 9.97 Å². The summed E-state index contributed by atoms with van der Waals surface area (Å²) in [5, 5.41) is 12.2. The summed E-state index contributed by atoms with van der Waals surface area (Å²) in [6, 6.07) is 6.21. The zero-order valence-electron chi connectivity index (χ0n) is 20.8. The lowest BCUT2D eigenvalue weighted by molar-refractivity contribution is -0.385. The van der Waals surface area contributed by atoms with Gasteiger partial charge in [-0.3, -0.25) is 19.7 Å². The van der Waals surface area contributed by atoms with Gasteiger partial charge < -0.3 is 28.3 Å². The third-order valence-corrected chi connectivity index (χ3v) is 5.14. The van der Waals surface area contributed by atoms with Crippen LogP contribution in [0.25, 0.3) is 0 Å². The predicted molar refractivity (Wildman–Crippen MR) is 129 cm³/mol. The van der Waals surface area contributed by atoms with E-state index in [1.54, 1.807) is 19.1 Å². The Morgan fingerprint density at radius 3 is 2.41 bits per heavy atom. The Morgan fingerprint density at radius 2 is 1.86 bits per heavy atom. The standard InChI is InChI=1S/C24H26N4O9/c1-5-35-20(30)8-9-27(13-17-7-6-10-36-17)23-21(28(31)32)24(26-14-25-23)37-22-18(33-3)11-16(15(2)29)12-19(22)34-4/h6-7,10-12,14H,5,8-9,13H2,1-4H3. The number of hydrogen-bond donors (Lipinski definition) is 0. The van der Waals surface area contributed by atoms with Crippen molar-refractivity contribution in [3.63, 3.8) is 0 Å². The van der Waals surface area contributed by atoms with E-state index < -0.39 is 22.5 Å². The van der Waals surface area contributed by atoms with Crippen LogP contribution in [0.15, 0.2) is 41.3 Å². The Hall–Kier alpha value is -4.68. The SMILES string of the molecule is CCOC(=O)CCN(Cc1ccco1)c1ncnc(Oc2c(OC)cc(C(C)=O)cc2OC)c1[N+](=O)[O-]. The molecule has 196 valence electrons. The van der Waals surface area contributed by atoms with E-state index >= 15 is 0 Å². The molecule has 0 N–H and O–H groups in total. The number of aromatic nitrogens is 2. The first-order valence-electron chi connectivity index (χ1n) is 11.2. The van der Waals surface area contributed by atoms with Gasteiger partial charge in [0.1, 0.15) is 12.1 Å². The highest BCUT2D eigenvalue weighted by Gasteiger charge is 2.31. The molecule has 13 nitrogen and oxygen atoms in total. The van der Waals surface area contributed by atoms with E-state index in [9.17, 15) is 19.7 Å². The zero-order valence-corrected chi connectivity index (χ0v) is 20.8. The van der Waals surface area contributed by atoms with Crippen LogP contribution in [0.2, 0.25) is 0 Å². The molecule has 0 saturated heterocycles. The molecule has 0 aliphatic carbocycles. The Labute approximate surface area is 212 Å². The molecule has 37 heavy (non-hydrogen) atoms. The number of ether oxygens (including phenoxy) is 4. The molecule has 13 heteroatoms. The number of nitro groups is 1. The zero-order chi connectivity index (χ0) is 26.9. The van der Waals surface area contributed by atoms with E-state index in [1.807, 2.05) is 0 Å². The fraction of sp³-hybridized carbons (Fsp3) is 0.333. The molecule has 3 rings (SSSR count). The number of anilines is 1. The lowest BCUT2D eigenvalue weighted by Gasteiger charge is -2.22. The number of nitrogens with zero attached hydrogens (tertiary/aromatic N) is 4. The molecule has 3 aromatic rings. The van der Waals surface area contributed by atoms with Crippen molar-refractivity contribution >= 4 is 23.3 Å². The second-order valence-corrected chi connectivity index (χ2v) is 7.53. The van der Waals surface area contributed by atoms with Crippen LogP contribution in [0.3, 0.4) is 0 Å². The summed E-state index contributed by atoms with van der Waals surface area (Å²) in [5.74, 6) is -0.540. The van der Waals surface area contributed by atoms with Crippen LogP contribution in [0, 0.1) is 10.1 Å². The third kappa shape index (κ3) is 6.51. The Morgan fingerprint density at radius 1 is 1.16 bits per heavy atom. The number of carbonyl (C=O) groups is 2. The van der Waals surface area contributed by atoms with Crippen LogP contribution < -0.4 is 19.1 Å². The summed E-state index contributed by atoms with van der Waals surface area (Å²) in [7, 11) is 2.71. The summed E-state index contributed by atoms with van der Waals surface area (Å²) < 4.78 is 26.9. The molecule has 1 aromatic carbocycles. The van der Waals surface area contributed by atoms with Crippen LogP contribution in [-0.2, 0) is 16.1 Å². The van der Waals surface area contributed by atoms with Crippen molar-refractivity contribution in [3.8, 4) is 23.1 Å². The van der Waals surface area contributed by atoms with Crippen LogP contribution in [0.1, 0.15) is 36.4 Å². The highest BCUT2D eigenvalue weighted by Crippen LogP contribution is 2.44. The van der Waals surface area contributed by atoms with Gasteiger partial charge in [0, 0.05) is 12.1 Å². The fourth-order valence-electron chi connectivity index (χ4n) is 3.41. The van der Waals surface area contributed by atoms with Crippen molar-refractivity contribution in [1.82, 2.24) is 9.97 Å². The van der Waals surface area contributed by atoms with Crippen molar-refractivity contribution < 1.29 is 37.9 Å². The molecular weight excluding hydrogens is 488 g/mol. The smallest absolute Gasteiger partial charge is 0.373 e. The van der Waals surface area contributed by atoms with Gasteiger partial charge in [-0.15, -0.1) is 0 Å². The molecule has 0 aliphatic heterocycles. The van der Waals surface area contributed by atoms with Crippen molar-refractivity contribution in [2.24, 2.45) is 0 Å². The normalized spacial score (nSPS) is 10.5. The average Bonchev–Trinajstić information content (AvgIpc) is 3.39. The largest absolute Gasteiger partial charge is 0.493 e. The van der Waals surface area contributed by atoms with E-state index in [0.29, 0.717) is 11.3 Å². The highest BCUT2D eigenvalue weighted by atomic mass is 16.6. The number of carbonyl (C=O) groups excluding carboxylic acids is 2. The average molecular weight is 514 g/mol. The minimum Gasteiger partial charge on any atom is -0.493 e. The van der Waals surface area contributed by atoms with Gasteiger partial charge in [0.05, 0.1) is 45.0 Å². The summed E-state index contributed by atoms with van der Waals surface area (Å²) in [4.78, 5) is 45.0. The van der Waals surface area contributed by atoms with Gasteiger partial charge in [-0.25, -0.2) is 4.98 Å². The Kier molecular flexibility index (Phi) is 8.97.